The van der Waals surface area contributed by atoms with E-state index in [1.807, 2.05) is 25.1 Å². The number of aliphatic hydroxyl groups is 1. The molecule has 1 aromatic rings. The van der Waals surface area contributed by atoms with Gasteiger partial charge in [0.05, 0.1) is 6.10 Å². The number of aryl methyl sites for hydroxylation is 1. The first-order valence-electron chi connectivity index (χ1n) is 6.63. The van der Waals surface area contributed by atoms with Gasteiger partial charge in [0.1, 0.15) is 8.07 Å². The van der Waals surface area contributed by atoms with Crippen LogP contribution in [-0.4, -0.2) is 19.3 Å². The lowest BCUT2D eigenvalue weighted by Crippen LogP contribution is -2.20. The van der Waals surface area contributed by atoms with Crippen LogP contribution in [0.25, 0.3) is 0 Å². The van der Waals surface area contributed by atoms with Crippen LogP contribution in [0.15, 0.2) is 30.3 Å². The normalized spacial score (nSPS) is 14.5. The second kappa shape index (κ2) is 6.77. The minimum Gasteiger partial charge on any atom is -0.392 e. The largest absolute Gasteiger partial charge is 0.392 e. The van der Waals surface area contributed by atoms with E-state index in [0.717, 1.165) is 12.8 Å². The van der Waals surface area contributed by atoms with E-state index in [9.17, 15) is 5.11 Å². The number of hydrogen-bond acceptors (Lipinski definition) is 1. The van der Waals surface area contributed by atoms with Crippen LogP contribution in [0, 0.1) is 17.4 Å². The molecule has 1 rings (SSSR count). The molecule has 0 radical (unpaired) electrons. The van der Waals surface area contributed by atoms with E-state index < -0.39 is 8.07 Å². The third-order valence-electron chi connectivity index (χ3n) is 2.82. The highest BCUT2D eigenvalue weighted by atomic mass is 28.3. The monoisotopic (exact) mass is 260 g/mol. The summed E-state index contributed by atoms with van der Waals surface area (Å²) in [6.45, 7) is 8.69. The zero-order chi connectivity index (χ0) is 13.6. The summed E-state index contributed by atoms with van der Waals surface area (Å²) in [5, 5.41) is 10.1. The molecule has 1 N–H and O–H groups in total. The van der Waals surface area contributed by atoms with Gasteiger partial charge in [-0.25, -0.2) is 0 Å². The minimum atomic E-state index is -1.32. The molecule has 1 nitrogen and oxygen atoms in total. The van der Waals surface area contributed by atoms with Crippen molar-refractivity contribution in [2.75, 3.05) is 0 Å². The molecule has 0 aliphatic carbocycles. The Labute approximate surface area is 112 Å². The van der Waals surface area contributed by atoms with Crippen molar-refractivity contribution in [2.45, 2.75) is 45.5 Å². The Morgan fingerprint density at radius 2 is 1.78 bits per heavy atom. The Morgan fingerprint density at radius 1 is 1.17 bits per heavy atom. The molecular weight excluding hydrogens is 236 g/mol. The first kappa shape index (κ1) is 15.0. The fraction of sp³-hybridized carbons (Fsp3) is 0.500. The third-order valence-corrected chi connectivity index (χ3v) is 3.72. The van der Waals surface area contributed by atoms with Crippen LogP contribution in [0.3, 0.4) is 0 Å². The molecule has 0 heterocycles. The van der Waals surface area contributed by atoms with E-state index in [1.54, 1.807) is 0 Å². The van der Waals surface area contributed by atoms with Gasteiger partial charge in [-0.15, -0.1) is 11.5 Å². The maximum absolute atomic E-state index is 10.1. The first-order chi connectivity index (χ1) is 8.38. The quantitative estimate of drug-likeness (QED) is 0.649. The standard InChI is InChI=1S/C16H24OSi/c1-14(12-13-18(2,3)4)16(17)11-10-15-8-6-5-7-9-15/h5-9,14,16-17H,10-11H2,1-4H3. The molecule has 0 saturated carbocycles. The average Bonchev–Trinajstić information content (AvgIpc) is 2.33. The van der Waals surface area contributed by atoms with Crippen LogP contribution in [0.1, 0.15) is 18.9 Å². The first-order valence-corrected chi connectivity index (χ1v) is 10.1. The van der Waals surface area contributed by atoms with E-state index in [0.29, 0.717) is 0 Å². The van der Waals surface area contributed by atoms with Gasteiger partial charge in [0.25, 0.3) is 0 Å². The highest BCUT2D eigenvalue weighted by Crippen LogP contribution is 2.11. The van der Waals surface area contributed by atoms with Gasteiger partial charge in [0.2, 0.25) is 0 Å². The van der Waals surface area contributed by atoms with Crippen LogP contribution in [-0.2, 0) is 6.42 Å². The molecule has 2 unspecified atom stereocenters. The zero-order valence-corrected chi connectivity index (χ0v) is 12.9. The smallest absolute Gasteiger partial charge is 0.129 e. The molecule has 0 aliphatic rings. The summed E-state index contributed by atoms with van der Waals surface area (Å²) in [5.41, 5.74) is 4.61. The third kappa shape index (κ3) is 6.04. The summed E-state index contributed by atoms with van der Waals surface area (Å²) in [6.07, 6.45) is 1.38. The molecule has 0 amide bonds. The molecule has 0 spiro atoms. The number of rotatable bonds is 4. The number of aliphatic hydroxyl groups excluding tert-OH is 1. The Hall–Kier alpha value is -1.04. The van der Waals surface area contributed by atoms with Crippen LogP contribution in [0.2, 0.25) is 19.6 Å². The number of benzene rings is 1. The van der Waals surface area contributed by atoms with Crippen molar-refractivity contribution in [2.24, 2.45) is 5.92 Å². The Kier molecular flexibility index (Phi) is 5.65. The predicted molar refractivity (Wildman–Crippen MR) is 81.1 cm³/mol. The lowest BCUT2D eigenvalue weighted by Gasteiger charge is -2.14. The van der Waals surface area contributed by atoms with Gasteiger partial charge in [-0.05, 0) is 25.3 Å². The summed E-state index contributed by atoms with van der Waals surface area (Å²) >= 11 is 0. The highest BCUT2D eigenvalue weighted by molar-refractivity contribution is 6.83. The molecule has 0 bridgehead atoms. The summed E-state index contributed by atoms with van der Waals surface area (Å²) < 4.78 is 0. The lowest BCUT2D eigenvalue weighted by atomic mass is 9.99. The average molecular weight is 260 g/mol. The summed E-state index contributed by atoms with van der Waals surface area (Å²) in [7, 11) is -1.32. The van der Waals surface area contributed by atoms with Crippen molar-refractivity contribution in [3.8, 4) is 11.5 Å². The molecule has 0 aliphatic heterocycles. The van der Waals surface area contributed by atoms with E-state index in [1.165, 1.54) is 5.56 Å². The van der Waals surface area contributed by atoms with Crippen molar-refractivity contribution in [1.82, 2.24) is 0 Å². The predicted octanol–water partition coefficient (Wildman–Crippen LogP) is 3.50. The minimum absolute atomic E-state index is 0.0698. The topological polar surface area (TPSA) is 20.2 Å². The zero-order valence-electron chi connectivity index (χ0n) is 11.9. The van der Waals surface area contributed by atoms with Crippen molar-refractivity contribution >= 4 is 8.07 Å². The second-order valence-corrected chi connectivity index (χ2v) is 10.6. The van der Waals surface area contributed by atoms with Gasteiger partial charge in [-0.1, -0.05) is 50.0 Å². The van der Waals surface area contributed by atoms with Gasteiger partial charge in [-0.3, -0.25) is 0 Å². The molecule has 2 atom stereocenters. The van der Waals surface area contributed by atoms with Crippen molar-refractivity contribution < 1.29 is 5.11 Å². The molecule has 2 heteroatoms. The fourth-order valence-electron chi connectivity index (χ4n) is 1.64. The second-order valence-electron chi connectivity index (χ2n) is 5.90. The van der Waals surface area contributed by atoms with Gasteiger partial charge < -0.3 is 5.11 Å². The molecule has 0 fully saturated rings. The van der Waals surface area contributed by atoms with E-state index in [-0.39, 0.29) is 12.0 Å². The van der Waals surface area contributed by atoms with E-state index in [2.05, 4.69) is 43.2 Å². The summed E-state index contributed by atoms with van der Waals surface area (Å²) in [4.78, 5) is 0. The van der Waals surface area contributed by atoms with E-state index in [4.69, 9.17) is 0 Å². The molecule has 1 aromatic carbocycles. The summed E-state index contributed by atoms with van der Waals surface area (Å²) in [6, 6.07) is 10.3. The van der Waals surface area contributed by atoms with Crippen molar-refractivity contribution in [3.05, 3.63) is 35.9 Å². The van der Waals surface area contributed by atoms with E-state index >= 15 is 0 Å². The van der Waals surface area contributed by atoms with Gasteiger partial charge >= 0.3 is 0 Å². The van der Waals surface area contributed by atoms with Crippen molar-refractivity contribution in [1.29, 1.82) is 0 Å². The molecule has 98 valence electrons. The van der Waals surface area contributed by atoms with Gasteiger partial charge in [0.15, 0.2) is 0 Å². The fourth-order valence-corrected chi connectivity index (χ4v) is 2.30. The number of hydrogen-bond donors (Lipinski definition) is 1. The van der Waals surface area contributed by atoms with Gasteiger partial charge in [-0.2, -0.15) is 0 Å². The maximum Gasteiger partial charge on any atom is 0.129 e. The van der Waals surface area contributed by atoms with Crippen molar-refractivity contribution in [3.63, 3.8) is 0 Å². The molecule has 18 heavy (non-hydrogen) atoms. The lowest BCUT2D eigenvalue weighted by molar-refractivity contribution is 0.132. The molecular formula is C16H24OSi. The Bertz CT molecular complexity index is 408. The molecule has 0 aromatic heterocycles. The Morgan fingerprint density at radius 3 is 2.33 bits per heavy atom. The van der Waals surface area contributed by atoms with Crippen LogP contribution in [0.5, 0.6) is 0 Å². The van der Waals surface area contributed by atoms with Crippen LogP contribution < -0.4 is 0 Å². The maximum atomic E-state index is 10.1. The van der Waals surface area contributed by atoms with Gasteiger partial charge in [0, 0.05) is 5.92 Å². The van der Waals surface area contributed by atoms with Crippen LogP contribution >= 0.6 is 0 Å². The Balaban J connectivity index is 2.45. The summed E-state index contributed by atoms with van der Waals surface area (Å²) in [5.74, 6) is 3.29. The SMILES string of the molecule is CC(C#C[Si](C)(C)C)C(O)CCc1ccccc1. The highest BCUT2D eigenvalue weighted by Gasteiger charge is 2.13. The molecule has 0 saturated heterocycles. The van der Waals surface area contributed by atoms with Crippen LogP contribution in [0.4, 0.5) is 0 Å².